The van der Waals surface area contributed by atoms with E-state index in [-0.39, 0.29) is 12.0 Å². The molecule has 0 radical (unpaired) electrons. The average Bonchev–Trinajstić information content (AvgIpc) is 2.99. The van der Waals surface area contributed by atoms with E-state index in [4.69, 9.17) is 9.84 Å². The molecule has 1 fully saturated rings. The molecule has 2 rings (SSSR count). The van der Waals surface area contributed by atoms with Crippen LogP contribution in [0.2, 0.25) is 0 Å². The van der Waals surface area contributed by atoms with E-state index < -0.39 is 11.2 Å². The second kappa shape index (κ2) is 7.65. The Morgan fingerprint density at radius 2 is 2.18 bits per heavy atom. The predicted molar refractivity (Wildman–Crippen MR) is 85.3 cm³/mol. The first-order valence-corrected chi connectivity index (χ1v) is 8.22. The van der Waals surface area contributed by atoms with E-state index in [1.54, 1.807) is 37.1 Å². The number of carbonyl (C=O) groups is 2. The van der Waals surface area contributed by atoms with Gasteiger partial charge in [0.05, 0.1) is 11.7 Å². The Labute approximate surface area is 134 Å². The summed E-state index contributed by atoms with van der Waals surface area (Å²) < 4.78 is 5.56. The highest BCUT2D eigenvalue weighted by atomic mass is 32.2. The van der Waals surface area contributed by atoms with Crippen LogP contribution >= 0.6 is 11.8 Å². The molecule has 2 atom stereocenters. The number of nitrogens with zero attached hydrogens (tertiary/aromatic N) is 1. The summed E-state index contributed by atoms with van der Waals surface area (Å²) >= 11 is 1.19. The summed E-state index contributed by atoms with van der Waals surface area (Å²) in [5.41, 5.74) is 0.543. The summed E-state index contributed by atoms with van der Waals surface area (Å²) in [6.45, 7) is 2.94. The molecule has 1 amide bonds. The van der Waals surface area contributed by atoms with Crippen molar-refractivity contribution < 1.29 is 19.4 Å². The number of carbonyl (C=O) groups excluding carboxylic acids is 1. The van der Waals surface area contributed by atoms with Gasteiger partial charge in [0.1, 0.15) is 5.25 Å². The summed E-state index contributed by atoms with van der Waals surface area (Å²) in [7, 11) is 1.76. The Bertz CT molecular complexity index is 543. The molecule has 0 aromatic heterocycles. The Morgan fingerprint density at radius 3 is 2.82 bits per heavy atom. The van der Waals surface area contributed by atoms with Gasteiger partial charge in [-0.15, -0.1) is 11.8 Å². The fraction of sp³-hybridized carbons (Fsp3) is 0.500. The fourth-order valence-electron chi connectivity index (χ4n) is 2.37. The summed E-state index contributed by atoms with van der Waals surface area (Å²) in [4.78, 5) is 26.0. The van der Waals surface area contributed by atoms with Gasteiger partial charge in [-0.05, 0) is 31.9 Å². The molecule has 1 aromatic carbocycles. The van der Waals surface area contributed by atoms with E-state index >= 15 is 0 Å². The van der Waals surface area contributed by atoms with Crippen molar-refractivity contribution in [3.8, 4) is 0 Å². The summed E-state index contributed by atoms with van der Waals surface area (Å²) in [5, 5.41) is 8.44. The zero-order chi connectivity index (χ0) is 16.1. The molecule has 0 aliphatic carbocycles. The average molecular weight is 323 g/mol. The van der Waals surface area contributed by atoms with Crippen LogP contribution in [0.25, 0.3) is 0 Å². The van der Waals surface area contributed by atoms with Crippen molar-refractivity contribution in [1.82, 2.24) is 4.90 Å². The standard InChI is InChI=1S/C16H21NO4S/c1-11(16(19)20)22-14-8-4-3-7-13(14)15(18)17(2)10-12-6-5-9-21-12/h3-4,7-8,11-12H,5-6,9-10H2,1-2H3,(H,19,20)/t11?,12-/m0/s1. The molecule has 6 heteroatoms. The van der Waals surface area contributed by atoms with Gasteiger partial charge in [-0.25, -0.2) is 0 Å². The first-order chi connectivity index (χ1) is 10.5. The minimum Gasteiger partial charge on any atom is -0.480 e. The summed E-state index contributed by atoms with van der Waals surface area (Å²) in [6, 6.07) is 7.14. The second-order valence-electron chi connectivity index (χ2n) is 5.42. The summed E-state index contributed by atoms with van der Waals surface area (Å²) in [5.74, 6) is -0.990. The molecule has 120 valence electrons. The van der Waals surface area contributed by atoms with Crippen LogP contribution in [0.15, 0.2) is 29.2 Å². The molecule has 0 spiro atoms. The quantitative estimate of drug-likeness (QED) is 0.815. The van der Waals surface area contributed by atoms with Gasteiger partial charge >= 0.3 is 5.97 Å². The van der Waals surface area contributed by atoms with E-state index in [9.17, 15) is 9.59 Å². The molecule has 1 saturated heterocycles. The largest absolute Gasteiger partial charge is 0.480 e. The number of aliphatic carboxylic acids is 1. The van der Waals surface area contributed by atoms with Crippen LogP contribution in [-0.4, -0.2) is 53.4 Å². The van der Waals surface area contributed by atoms with E-state index in [1.165, 1.54) is 11.8 Å². The van der Waals surface area contributed by atoms with E-state index in [1.807, 2.05) is 6.07 Å². The minimum absolute atomic E-state index is 0.101. The number of carboxylic acid groups (broad SMARTS) is 1. The Balaban J connectivity index is 2.09. The minimum atomic E-state index is -0.889. The van der Waals surface area contributed by atoms with Crippen molar-refractivity contribution in [1.29, 1.82) is 0 Å². The zero-order valence-electron chi connectivity index (χ0n) is 12.8. The zero-order valence-corrected chi connectivity index (χ0v) is 13.6. The van der Waals surface area contributed by atoms with E-state index in [2.05, 4.69) is 0 Å². The van der Waals surface area contributed by atoms with Crippen LogP contribution < -0.4 is 0 Å². The van der Waals surface area contributed by atoms with Crippen LogP contribution in [-0.2, 0) is 9.53 Å². The van der Waals surface area contributed by atoms with Gasteiger partial charge in [0, 0.05) is 25.1 Å². The third-order valence-electron chi connectivity index (χ3n) is 3.62. The molecule has 1 unspecified atom stereocenters. The van der Waals surface area contributed by atoms with Crippen LogP contribution in [0.5, 0.6) is 0 Å². The molecule has 0 saturated carbocycles. The van der Waals surface area contributed by atoms with Crippen LogP contribution in [0.4, 0.5) is 0 Å². The Kier molecular flexibility index (Phi) is 5.85. The van der Waals surface area contributed by atoms with Crippen molar-refractivity contribution in [2.75, 3.05) is 20.2 Å². The number of ether oxygens (including phenoxy) is 1. The maximum Gasteiger partial charge on any atom is 0.316 e. The smallest absolute Gasteiger partial charge is 0.316 e. The molecule has 0 bridgehead atoms. The van der Waals surface area contributed by atoms with Crippen LogP contribution in [0.3, 0.4) is 0 Å². The van der Waals surface area contributed by atoms with Crippen LogP contribution in [0, 0.1) is 0 Å². The van der Waals surface area contributed by atoms with Gasteiger partial charge in [0.25, 0.3) is 5.91 Å². The number of likely N-dealkylation sites (N-methyl/N-ethyl adjacent to an activating group) is 1. The number of hydrogen-bond acceptors (Lipinski definition) is 4. The van der Waals surface area contributed by atoms with Crippen molar-refractivity contribution in [2.45, 2.75) is 36.0 Å². The number of rotatable bonds is 6. The molecule has 5 nitrogen and oxygen atoms in total. The van der Waals surface area contributed by atoms with Gasteiger partial charge in [0.2, 0.25) is 0 Å². The van der Waals surface area contributed by atoms with Crippen LogP contribution in [0.1, 0.15) is 30.1 Å². The lowest BCUT2D eigenvalue weighted by molar-refractivity contribution is -0.136. The van der Waals surface area contributed by atoms with Crippen molar-refractivity contribution in [3.05, 3.63) is 29.8 Å². The molecule has 1 N–H and O–H groups in total. The van der Waals surface area contributed by atoms with E-state index in [0.717, 1.165) is 19.4 Å². The lowest BCUT2D eigenvalue weighted by atomic mass is 10.2. The maximum atomic E-state index is 12.6. The molecule has 1 aromatic rings. The monoisotopic (exact) mass is 323 g/mol. The Hall–Kier alpha value is -1.53. The topological polar surface area (TPSA) is 66.8 Å². The van der Waals surface area contributed by atoms with Crippen molar-refractivity contribution in [2.24, 2.45) is 0 Å². The second-order valence-corrected chi connectivity index (χ2v) is 6.80. The molecular weight excluding hydrogens is 302 g/mol. The third kappa shape index (κ3) is 4.24. The Morgan fingerprint density at radius 1 is 1.45 bits per heavy atom. The van der Waals surface area contributed by atoms with Gasteiger partial charge < -0.3 is 14.7 Å². The van der Waals surface area contributed by atoms with Gasteiger partial charge in [-0.3, -0.25) is 9.59 Å². The molecule has 1 heterocycles. The molecule has 1 aliphatic heterocycles. The molecular formula is C16H21NO4S. The van der Waals surface area contributed by atoms with Gasteiger partial charge in [-0.1, -0.05) is 12.1 Å². The van der Waals surface area contributed by atoms with E-state index in [0.29, 0.717) is 17.0 Å². The number of carboxylic acids is 1. The first-order valence-electron chi connectivity index (χ1n) is 7.34. The molecule has 1 aliphatic rings. The van der Waals surface area contributed by atoms with Crippen molar-refractivity contribution in [3.63, 3.8) is 0 Å². The fourth-order valence-corrected chi connectivity index (χ4v) is 3.29. The number of hydrogen-bond donors (Lipinski definition) is 1. The SMILES string of the molecule is CC(Sc1ccccc1C(=O)N(C)C[C@@H]1CCCO1)C(=O)O. The third-order valence-corrected chi connectivity index (χ3v) is 4.78. The highest BCUT2D eigenvalue weighted by Crippen LogP contribution is 2.28. The number of amides is 1. The predicted octanol–water partition coefficient (Wildman–Crippen LogP) is 2.50. The number of benzene rings is 1. The maximum absolute atomic E-state index is 12.6. The summed E-state index contributed by atoms with van der Waals surface area (Å²) in [6.07, 6.45) is 2.12. The first kappa shape index (κ1) is 16.8. The highest BCUT2D eigenvalue weighted by Gasteiger charge is 2.23. The lowest BCUT2D eigenvalue weighted by Gasteiger charge is -2.22. The normalized spacial score (nSPS) is 18.9. The highest BCUT2D eigenvalue weighted by molar-refractivity contribution is 8.00. The van der Waals surface area contributed by atoms with Gasteiger partial charge in [0.15, 0.2) is 0 Å². The number of thioether (sulfide) groups is 1. The lowest BCUT2D eigenvalue weighted by Crippen LogP contribution is -2.34. The van der Waals surface area contributed by atoms with Crippen molar-refractivity contribution >= 4 is 23.6 Å². The molecule has 22 heavy (non-hydrogen) atoms. The van der Waals surface area contributed by atoms with Gasteiger partial charge in [-0.2, -0.15) is 0 Å².